The molecule has 0 aromatic carbocycles. The lowest BCUT2D eigenvalue weighted by molar-refractivity contribution is -0.124. The van der Waals surface area contributed by atoms with Crippen molar-refractivity contribution in [2.45, 2.75) is 90.2 Å². The largest absolute Gasteiger partial charge is 0.375 e. The van der Waals surface area contributed by atoms with Crippen LogP contribution in [-0.4, -0.2) is 24.8 Å². The lowest BCUT2D eigenvalue weighted by Crippen LogP contribution is -2.49. The molecular formula is C18H35NO. The van der Waals surface area contributed by atoms with E-state index in [1.807, 2.05) is 0 Å². The predicted molar refractivity (Wildman–Crippen MR) is 86.0 cm³/mol. The van der Waals surface area contributed by atoms with Gasteiger partial charge in [0, 0.05) is 12.6 Å². The van der Waals surface area contributed by atoms with Crippen LogP contribution in [-0.2, 0) is 4.74 Å². The summed E-state index contributed by atoms with van der Waals surface area (Å²) in [5, 5.41) is 3.80. The van der Waals surface area contributed by atoms with Gasteiger partial charge in [-0.3, -0.25) is 0 Å². The molecule has 20 heavy (non-hydrogen) atoms. The fraction of sp³-hybridized carbons (Fsp3) is 1.00. The van der Waals surface area contributed by atoms with Gasteiger partial charge in [-0.2, -0.15) is 0 Å². The van der Waals surface area contributed by atoms with Crippen molar-refractivity contribution < 1.29 is 4.74 Å². The molecule has 2 nitrogen and oxygen atoms in total. The Bertz CT molecular complexity index is 267. The summed E-state index contributed by atoms with van der Waals surface area (Å²) in [5.41, 5.74) is 0.251. The molecule has 0 amide bonds. The van der Waals surface area contributed by atoms with Gasteiger partial charge >= 0.3 is 0 Å². The van der Waals surface area contributed by atoms with Crippen LogP contribution in [0.1, 0.15) is 78.6 Å². The minimum Gasteiger partial charge on any atom is -0.375 e. The average Bonchev–Trinajstić information content (AvgIpc) is 2.46. The van der Waals surface area contributed by atoms with Crippen molar-refractivity contribution >= 4 is 0 Å². The lowest BCUT2D eigenvalue weighted by atomic mass is 9.72. The molecule has 2 aliphatic rings. The molecule has 3 atom stereocenters. The van der Waals surface area contributed by atoms with Gasteiger partial charge in [0.25, 0.3) is 0 Å². The zero-order valence-electron chi connectivity index (χ0n) is 13.9. The summed E-state index contributed by atoms with van der Waals surface area (Å²) < 4.78 is 6.28. The minimum absolute atomic E-state index is 0.251. The first-order valence-corrected chi connectivity index (χ1v) is 9.08. The van der Waals surface area contributed by atoms with Gasteiger partial charge in [0.2, 0.25) is 0 Å². The van der Waals surface area contributed by atoms with E-state index >= 15 is 0 Å². The predicted octanol–water partition coefficient (Wildman–Crippen LogP) is 4.53. The Morgan fingerprint density at radius 1 is 1.20 bits per heavy atom. The Balaban J connectivity index is 2.00. The fourth-order valence-corrected chi connectivity index (χ4v) is 4.62. The third kappa shape index (κ3) is 3.98. The van der Waals surface area contributed by atoms with Crippen molar-refractivity contribution in [3.63, 3.8) is 0 Å². The molecule has 0 aromatic rings. The molecule has 2 rings (SSSR count). The van der Waals surface area contributed by atoms with Crippen LogP contribution < -0.4 is 5.32 Å². The highest BCUT2D eigenvalue weighted by molar-refractivity contribution is 4.94. The van der Waals surface area contributed by atoms with E-state index in [0.29, 0.717) is 6.04 Å². The quantitative estimate of drug-likeness (QED) is 0.772. The second-order valence-electron chi connectivity index (χ2n) is 7.19. The first-order valence-electron chi connectivity index (χ1n) is 9.08. The summed E-state index contributed by atoms with van der Waals surface area (Å²) in [7, 11) is 0. The van der Waals surface area contributed by atoms with Gasteiger partial charge in [-0.25, -0.2) is 0 Å². The Morgan fingerprint density at radius 3 is 2.60 bits per heavy atom. The third-order valence-corrected chi connectivity index (χ3v) is 5.60. The normalized spacial score (nSPS) is 29.2. The van der Waals surface area contributed by atoms with E-state index in [1.165, 1.54) is 57.8 Å². The SMILES string of the molecule is CCCC(C)C(NCC)C1CCOC2(CCCCC2)C1. The maximum Gasteiger partial charge on any atom is 0.0685 e. The van der Waals surface area contributed by atoms with Gasteiger partial charge in [-0.15, -0.1) is 0 Å². The van der Waals surface area contributed by atoms with E-state index in [9.17, 15) is 0 Å². The molecule has 0 aromatic heterocycles. The molecule has 1 saturated carbocycles. The Labute approximate surface area is 126 Å². The summed E-state index contributed by atoms with van der Waals surface area (Å²) in [4.78, 5) is 0. The maximum atomic E-state index is 6.28. The molecule has 2 fully saturated rings. The summed E-state index contributed by atoms with van der Waals surface area (Å²) in [6, 6.07) is 0.697. The molecule has 1 N–H and O–H groups in total. The van der Waals surface area contributed by atoms with Crippen LogP contribution >= 0.6 is 0 Å². The summed E-state index contributed by atoms with van der Waals surface area (Å²) >= 11 is 0. The van der Waals surface area contributed by atoms with Gasteiger partial charge in [-0.1, -0.05) is 46.5 Å². The Kier molecular flexibility index (Phi) is 6.35. The first kappa shape index (κ1) is 16.3. The zero-order chi connectivity index (χ0) is 14.4. The topological polar surface area (TPSA) is 21.3 Å². The molecule has 1 aliphatic carbocycles. The lowest BCUT2D eigenvalue weighted by Gasteiger charge is -2.46. The van der Waals surface area contributed by atoms with Gasteiger partial charge in [0.1, 0.15) is 0 Å². The number of rotatable bonds is 6. The number of nitrogens with one attached hydrogen (secondary N) is 1. The van der Waals surface area contributed by atoms with Crippen LogP contribution in [0.25, 0.3) is 0 Å². The van der Waals surface area contributed by atoms with E-state index in [1.54, 1.807) is 0 Å². The number of hydrogen-bond acceptors (Lipinski definition) is 2. The Hall–Kier alpha value is -0.0800. The van der Waals surface area contributed by atoms with Gasteiger partial charge < -0.3 is 10.1 Å². The van der Waals surface area contributed by atoms with Crippen LogP contribution in [0.3, 0.4) is 0 Å². The molecule has 1 aliphatic heterocycles. The van der Waals surface area contributed by atoms with E-state index in [-0.39, 0.29) is 5.60 Å². The first-order chi connectivity index (χ1) is 9.71. The van der Waals surface area contributed by atoms with E-state index < -0.39 is 0 Å². The van der Waals surface area contributed by atoms with Gasteiger partial charge in [0.15, 0.2) is 0 Å². The molecule has 0 radical (unpaired) electrons. The molecule has 2 heteroatoms. The number of hydrogen-bond donors (Lipinski definition) is 1. The standard InChI is InChI=1S/C18H35NO/c1-4-9-15(3)17(19-5-2)16-10-13-20-18(14-16)11-7-6-8-12-18/h15-17,19H,4-14H2,1-3H3. The van der Waals surface area contributed by atoms with Crippen LogP contribution in [0, 0.1) is 11.8 Å². The molecule has 1 spiro atoms. The van der Waals surface area contributed by atoms with Crippen molar-refractivity contribution in [2.24, 2.45) is 11.8 Å². The molecular weight excluding hydrogens is 246 g/mol. The third-order valence-electron chi connectivity index (χ3n) is 5.60. The highest BCUT2D eigenvalue weighted by Gasteiger charge is 2.41. The molecule has 1 saturated heterocycles. The fourth-order valence-electron chi connectivity index (χ4n) is 4.62. The van der Waals surface area contributed by atoms with Crippen molar-refractivity contribution in [3.8, 4) is 0 Å². The second-order valence-corrected chi connectivity index (χ2v) is 7.19. The molecule has 3 unspecified atom stereocenters. The molecule has 118 valence electrons. The van der Waals surface area contributed by atoms with Crippen molar-refractivity contribution in [1.82, 2.24) is 5.32 Å². The van der Waals surface area contributed by atoms with Gasteiger partial charge in [-0.05, 0) is 50.5 Å². The van der Waals surface area contributed by atoms with Crippen LogP contribution in [0.2, 0.25) is 0 Å². The smallest absolute Gasteiger partial charge is 0.0685 e. The summed E-state index contributed by atoms with van der Waals surface area (Å²) in [5.74, 6) is 1.62. The second kappa shape index (κ2) is 7.79. The van der Waals surface area contributed by atoms with Crippen molar-refractivity contribution in [1.29, 1.82) is 0 Å². The number of ether oxygens (including phenoxy) is 1. The van der Waals surface area contributed by atoms with E-state index in [0.717, 1.165) is 25.0 Å². The van der Waals surface area contributed by atoms with Crippen molar-refractivity contribution in [3.05, 3.63) is 0 Å². The monoisotopic (exact) mass is 281 g/mol. The molecule has 1 heterocycles. The highest BCUT2D eigenvalue weighted by Crippen LogP contribution is 2.42. The van der Waals surface area contributed by atoms with Crippen LogP contribution in [0.5, 0.6) is 0 Å². The Morgan fingerprint density at radius 2 is 1.95 bits per heavy atom. The van der Waals surface area contributed by atoms with Crippen molar-refractivity contribution in [2.75, 3.05) is 13.2 Å². The summed E-state index contributed by atoms with van der Waals surface area (Å²) in [6.07, 6.45) is 12.0. The minimum atomic E-state index is 0.251. The van der Waals surface area contributed by atoms with Gasteiger partial charge in [0.05, 0.1) is 5.60 Å². The zero-order valence-corrected chi connectivity index (χ0v) is 13.9. The van der Waals surface area contributed by atoms with E-state index in [2.05, 4.69) is 26.1 Å². The highest BCUT2D eigenvalue weighted by atomic mass is 16.5. The summed E-state index contributed by atoms with van der Waals surface area (Å²) in [6.45, 7) is 9.10. The van der Waals surface area contributed by atoms with E-state index in [4.69, 9.17) is 4.74 Å². The average molecular weight is 281 g/mol. The maximum absolute atomic E-state index is 6.28. The molecule has 0 bridgehead atoms. The van der Waals surface area contributed by atoms with Crippen LogP contribution in [0.4, 0.5) is 0 Å². The van der Waals surface area contributed by atoms with Crippen LogP contribution in [0.15, 0.2) is 0 Å².